The van der Waals surface area contributed by atoms with Crippen molar-refractivity contribution in [2.45, 2.75) is 91.3 Å². The molecule has 0 saturated heterocycles. The minimum Gasteiger partial charge on any atom is -0.466 e. The Morgan fingerprint density at radius 1 is 0.727 bits per heavy atom. The van der Waals surface area contributed by atoms with Gasteiger partial charge in [0, 0.05) is 19.6 Å². The molecule has 4 heteroatoms. The number of unbranched alkanes of at least 4 members (excludes halogenated alkanes) is 7. The molecule has 22 heavy (non-hydrogen) atoms. The first kappa shape index (κ1) is 21.4. The predicted molar refractivity (Wildman–Crippen MR) is 89.8 cm³/mol. The van der Waals surface area contributed by atoms with Crippen LogP contribution in [-0.2, 0) is 19.0 Å². The van der Waals surface area contributed by atoms with E-state index in [9.17, 15) is 4.79 Å². The third kappa shape index (κ3) is 14.3. The molecule has 0 saturated carbocycles. The Balaban J connectivity index is 3.27. The molecule has 0 heterocycles. The van der Waals surface area contributed by atoms with E-state index < -0.39 is 0 Å². The van der Waals surface area contributed by atoms with Gasteiger partial charge in [-0.15, -0.1) is 0 Å². The highest BCUT2D eigenvalue weighted by molar-refractivity contribution is 5.69. The lowest BCUT2D eigenvalue weighted by Gasteiger charge is -2.16. The number of hydrogen-bond acceptors (Lipinski definition) is 4. The van der Waals surface area contributed by atoms with Crippen molar-refractivity contribution >= 4 is 5.97 Å². The second-order valence-corrected chi connectivity index (χ2v) is 5.51. The van der Waals surface area contributed by atoms with Crippen molar-refractivity contribution in [2.24, 2.45) is 0 Å². The molecular weight excluding hydrogens is 280 g/mol. The van der Waals surface area contributed by atoms with Gasteiger partial charge in [0.2, 0.25) is 0 Å². The summed E-state index contributed by atoms with van der Waals surface area (Å²) in [6.07, 6.45) is 11.1. The summed E-state index contributed by atoms with van der Waals surface area (Å²) in [7, 11) is 0. The molecule has 4 nitrogen and oxygen atoms in total. The van der Waals surface area contributed by atoms with Gasteiger partial charge in [0.15, 0.2) is 6.29 Å². The average molecular weight is 316 g/mol. The smallest absolute Gasteiger partial charge is 0.305 e. The molecule has 0 aromatic rings. The number of carbonyl (C=O) groups excluding carboxylic acids is 1. The Labute approximate surface area is 136 Å². The Kier molecular flexibility index (Phi) is 16.3. The summed E-state index contributed by atoms with van der Waals surface area (Å²) >= 11 is 0. The van der Waals surface area contributed by atoms with Crippen LogP contribution in [0.15, 0.2) is 0 Å². The summed E-state index contributed by atoms with van der Waals surface area (Å²) in [5.74, 6) is -0.0550. The van der Waals surface area contributed by atoms with Crippen LogP contribution in [0.2, 0.25) is 0 Å². The van der Waals surface area contributed by atoms with Crippen LogP contribution in [0.3, 0.4) is 0 Å². The lowest BCUT2D eigenvalue weighted by Crippen LogP contribution is -2.17. The summed E-state index contributed by atoms with van der Waals surface area (Å²) in [5.41, 5.74) is 0. The second kappa shape index (κ2) is 16.8. The van der Waals surface area contributed by atoms with Gasteiger partial charge in [0.05, 0.1) is 6.61 Å². The lowest BCUT2D eigenvalue weighted by atomic mass is 10.1. The fourth-order valence-corrected chi connectivity index (χ4v) is 2.46. The Morgan fingerprint density at radius 3 is 1.73 bits per heavy atom. The molecule has 132 valence electrons. The fraction of sp³-hybridized carbons (Fsp3) is 0.944. The van der Waals surface area contributed by atoms with Crippen LogP contribution >= 0.6 is 0 Å². The highest BCUT2D eigenvalue weighted by atomic mass is 16.7. The molecular formula is C18H36O4. The average Bonchev–Trinajstić information content (AvgIpc) is 2.49. The van der Waals surface area contributed by atoms with Gasteiger partial charge < -0.3 is 14.2 Å². The van der Waals surface area contributed by atoms with Crippen molar-refractivity contribution in [1.29, 1.82) is 0 Å². The molecule has 0 N–H and O–H groups in total. The van der Waals surface area contributed by atoms with Crippen molar-refractivity contribution < 1.29 is 19.0 Å². The van der Waals surface area contributed by atoms with Crippen LogP contribution in [0.25, 0.3) is 0 Å². The van der Waals surface area contributed by atoms with E-state index in [1.54, 1.807) is 0 Å². The lowest BCUT2D eigenvalue weighted by molar-refractivity contribution is -0.143. The topological polar surface area (TPSA) is 44.8 Å². The van der Waals surface area contributed by atoms with E-state index in [1.165, 1.54) is 38.5 Å². The molecule has 0 amide bonds. The van der Waals surface area contributed by atoms with Gasteiger partial charge in [-0.25, -0.2) is 0 Å². The van der Waals surface area contributed by atoms with E-state index in [0.29, 0.717) is 13.0 Å². The number of hydrogen-bond donors (Lipinski definition) is 0. The Bertz CT molecular complexity index is 237. The number of esters is 1. The molecule has 0 aliphatic rings. The van der Waals surface area contributed by atoms with Crippen LogP contribution in [0.1, 0.15) is 85.0 Å². The Hall–Kier alpha value is -0.610. The molecule has 0 radical (unpaired) electrons. The van der Waals surface area contributed by atoms with Gasteiger partial charge in [-0.1, -0.05) is 38.5 Å². The second-order valence-electron chi connectivity index (χ2n) is 5.51. The maximum atomic E-state index is 11.2. The summed E-state index contributed by atoms with van der Waals surface area (Å²) < 4.78 is 16.0. The third-order valence-corrected chi connectivity index (χ3v) is 3.58. The first-order chi connectivity index (χ1) is 10.7. The summed E-state index contributed by atoms with van der Waals surface area (Å²) in [4.78, 5) is 11.2. The minimum absolute atomic E-state index is 0.0159. The van der Waals surface area contributed by atoms with Crippen molar-refractivity contribution in [3.8, 4) is 0 Å². The largest absolute Gasteiger partial charge is 0.466 e. The first-order valence-corrected chi connectivity index (χ1v) is 9.13. The molecule has 0 rings (SSSR count). The van der Waals surface area contributed by atoms with E-state index in [0.717, 1.165) is 32.5 Å². The van der Waals surface area contributed by atoms with Gasteiger partial charge in [0.1, 0.15) is 0 Å². The van der Waals surface area contributed by atoms with Gasteiger partial charge in [0.25, 0.3) is 0 Å². The predicted octanol–water partition coefficient (Wildman–Crippen LogP) is 4.85. The SMILES string of the molecule is CCOC(=O)CCCCCCCCCCC(OCC)OCC. The maximum Gasteiger partial charge on any atom is 0.305 e. The van der Waals surface area contributed by atoms with E-state index in [4.69, 9.17) is 14.2 Å². The van der Waals surface area contributed by atoms with Crippen LogP contribution in [-0.4, -0.2) is 32.1 Å². The molecule has 0 bridgehead atoms. The van der Waals surface area contributed by atoms with E-state index in [-0.39, 0.29) is 12.3 Å². The number of carbonyl (C=O) groups is 1. The van der Waals surface area contributed by atoms with E-state index >= 15 is 0 Å². The zero-order valence-electron chi connectivity index (χ0n) is 14.9. The van der Waals surface area contributed by atoms with Gasteiger partial charge in [-0.05, 0) is 40.0 Å². The van der Waals surface area contributed by atoms with Crippen LogP contribution in [0.4, 0.5) is 0 Å². The summed E-state index contributed by atoms with van der Waals surface area (Å²) in [6.45, 7) is 7.80. The Morgan fingerprint density at radius 2 is 1.23 bits per heavy atom. The molecule has 0 spiro atoms. The molecule has 0 atom stereocenters. The molecule has 0 aliphatic heterocycles. The van der Waals surface area contributed by atoms with E-state index in [1.807, 2.05) is 20.8 Å². The monoisotopic (exact) mass is 316 g/mol. The first-order valence-electron chi connectivity index (χ1n) is 9.13. The van der Waals surface area contributed by atoms with Crippen LogP contribution in [0, 0.1) is 0 Å². The molecule has 0 aromatic carbocycles. The van der Waals surface area contributed by atoms with Crippen LogP contribution < -0.4 is 0 Å². The van der Waals surface area contributed by atoms with E-state index in [2.05, 4.69) is 0 Å². The number of rotatable bonds is 16. The highest BCUT2D eigenvalue weighted by Crippen LogP contribution is 2.13. The summed E-state index contributed by atoms with van der Waals surface area (Å²) in [6, 6.07) is 0. The molecule has 0 aliphatic carbocycles. The van der Waals surface area contributed by atoms with Crippen molar-refractivity contribution in [3.05, 3.63) is 0 Å². The minimum atomic E-state index is -0.0550. The highest BCUT2D eigenvalue weighted by Gasteiger charge is 2.06. The van der Waals surface area contributed by atoms with Crippen molar-refractivity contribution in [1.82, 2.24) is 0 Å². The van der Waals surface area contributed by atoms with Crippen molar-refractivity contribution in [3.63, 3.8) is 0 Å². The summed E-state index contributed by atoms with van der Waals surface area (Å²) in [5, 5.41) is 0. The fourth-order valence-electron chi connectivity index (χ4n) is 2.46. The zero-order valence-corrected chi connectivity index (χ0v) is 14.9. The number of ether oxygens (including phenoxy) is 3. The van der Waals surface area contributed by atoms with Crippen molar-refractivity contribution in [2.75, 3.05) is 19.8 Å². The third-order valence-electron chi connectivity index (χ3n) is 3.58. The molecule has 0 fully saturated rings. The van der Waals surface area contributed by atoms with Gasteiger partial charge in [-0.2, -0.15) is 0 Å². The zero-order chi connectivity index (χ0) is 16.5. The molecule has 0 aromatic heterocycles. The van der Waals surface area contributed by atoms with Gasteiger partial charge >= 0.3 is 5.97 Å². The standard InChI is InChI=1S/C18H36O4/c1-4-20-17(19)15-13-11-9-7-8-10-12-14-16-18(21-5-2)22-6-3/h18H,4-16H2,1-3H3. The quantitative estimate of drug-likeness (QED) is 0.232. The van der Waals surface area contributed by atoms with Gasteiger partial charge in [-0.3, -0.25) is 4.79 Å². The van der Waals surface area contributed by atoms with Crippen LogP contribution in [0.5, 0.6) is 0 Å². The normalized spacial score (nSPS) is 11.1. The maximum absolute atomic E-state index is 11.2. The molecule has 0 unspecified atom stereocenters.